The van der Waals surface area contributed by atoms with Gasteiger partial charge in [0.1, 0.15) is 5.75 Å². The van der Waals surface area contributed by atoms with Crippen molar-refractivity contribution in [2.24, 2.45) is 4.99 Å². The molecular formula is C28H27BrN2O8S. The van der Waals surface area contributed by atoms with Crippen LogP contribution in [0.1, 0.15) is 37.9 Å². The topological polar surface area (TPSA) is 126 Å². The van der Waals surface area contributed by atoms with E-state index in [1.807, 2.05) is 6.92 Å². The maximum Gasteiger partial charge on any atom is 0.341 e. The zero-order valence-electron chi connectivity index (χ0n) is 22.2. The number of carbonyl (C=O) groups is 2. The molecule has 1 aliphatic rings. The molecule has 210 valence electrons. The highest BCUT2D eigenvalue weighted by Gasteiger charge is 2.34. The molecule has 4 rings (SSSR count). The molecule has 1 aromatic heterocycles. The third kappa shape index (κ3) is 5.97. The van der Waals surface area contributed by atoms with E-state index in [1.54, 1.807) is 56.3 Å². The van der Waals surface area contributed by atoms with Gasteiger partial charge < -0.3 is 24.1 Å². The van der Waals surface area contributed by atoms with Gasteiger partial charge in [-0.2, -0.15) is 0 Å². The third-order valence-corrected chi connectivity index (χ3v) is 7.53. The Labute approximate surface area is 241 Å². The molecule has 0 saturated carbocycles. The zero-order valence-corrected chi connectivity index (χ0v) is 24.6. The number of carbonyl (C=O) groups excluding carboxylic acids is 1. The summed E-state index contributed by atoms with van der Waals surface area (Å²) in [6, 6.07) is 9.53. The normalized spacial score (nSPS) is 14.8. The second-order valence-corrected chi connectivity index (χ2v) is 10.4. The van der Waals surface area contributed by atoms with Crippen molar-refractivity contribution in [1.82, 2.24) is 4.57 Å². The van der Waals surface area contributed by atoms with Gasteiger partial charge >= 0.3 is 11.9 Å². The van der Waals surface area contributed by atoms with Crippen LogP contribution in [0.15, 0.2) is 61.9 Å². The van der Waals surface area contributed by atoms with Gasteiger partial charge in [-0.25, -0.2) is 14.6 Å². The highest BCUT2D eigenvalue weighted by atomic mass is 79.9. The molecule has 0 bridgehead atoms. The van der Waals surface area contributed by atoms with Crippen LogP contribution >= 0.6 is 27.3 Å². The van der Waals surface area contributed by atoms with E-state index in [9.17, 15) is 14.4 Å². The Kier molecular flexibility index (Phi) is 9.10. The smallest absolute Gasteiger partial charge is 0.341 e. The number of allylic oxidation sites excluding steroid dienone is 1. The van der Waals surface area contributed by atoms with Crippen LogP contribution in [-0.4, -0.2) is 48.5 Å². The molecule has 2 heterocycles. The van der Waals surface area contributed by atoms with E-state index >= 15 is 0 Å². The van der Waals surface area contributed by atoms with E-state index in [1.165, 1.54) is 23.0 Å². The third-order valence-electron chi connectivity index (χ3n) is 5.93. The van der Waals surface area contributed by atoms with Crippen LogP contribution < -0.4 is 29.1 Å². The van der Waals surface area contributed by atoms with Crippen molar-refractivity contribution in [3.63, 3.8) is 0 Å². The van der Waals surface area contributed by atoms with E-state index in [4.69, 9.17) is 24.1 Å². The molecule has 3 aromatic rings. The number of aliphatic carboxylic acids is 1. The minimum Gasteiger partial charge on any atom is -0.493 e. The van der Waals surface area contributed by atoms with Gasteiger partial charge in [0.05, 0.1) is 46.6 Å². The standard InChI is InChI=1S/C28H27BrN2O8S/c1-5-37-21-13-17(8-10-20(21)36-4)25-24(27(35)38-6-2)15(3)30-28-31(25)26(34)22(40-28)12-16-7-9-19(18(29)11-16)39-14-23(32)33/h7-13,25H,5-6,14H2,1-4H3,(H,32,33)/b22-12+/t25-/m1/s1. The summed E-state index contributed by atoms with van der Waals surface area (Å²) in [4.78, 5) is 42.8. The molecule has 1 N–H and O–H groups in total. The zero-order chi connectivity index (χ0) is 29.0. The van der Waals surface area contributed by atoms with E-state index < -0.39 is 24.6 Å². The molecule has 1 atom stereocenters. The first-order valence-corrected chi connectivity index (χ1v) is 13.9. The maximum absolute atomic E-state index is 13.8. The number of thiazole rings is 1. The summed E-state index contributed by atoms with van der Waals surface area (Å²) in [7, 11) is 1.54. The van der Waals surface area contributed by atoms with Gasteiger partial charge in [-0.1, -0.05) is 23.5 Å². The predicted molar refractivity (Wildman–Crippen MR) is 152 cm³/mol. The maximum atomic E-state index is 13.8. The highest BCUT2D eigenvalue weighted by molar-refractivity contribution is 9.10. The number of hydrogen-bond donors (Lipinski definition) is 1. The number of halogens is 1. The molecule has 0 fully saturated rings. The number of nitrogens with zero attached hydrogens (tertiary/aromatic N) is 2. The largest absolute Gasteiger partial charge is 0.493 e. The first kappa shape index (κ1) is 29.1. The Morgan fingerprint density at radius 2 is 1.85 bits per heavy atom. The Morgan fingerprint density at radius 3 is 2.50 bits per heavy atom. The van der Waals surface area contributed by atoms with Crippen molar-refractivity contribution >= 4 is 45.3 Å². The Bertz CT molecular complexity index is 1670. The second kappa shape index (κ2) is 12.5. The fraction of sp³-hybridized carbons (Fsp3) is 0.286. The lowest BCUT2D eigenvalue weighted by atomic mass is 9.95. The van der Waals surface area contributed by atoms with Gasteiger partial charge in [0.2, 0.25) is 0 Å². The minimum atomic E-state index is -1.09. The molecule has 1 aliphatic heterocycles. The van der Waals surface area contributed by atoms with Gasteiger partial charge in [0.15, 0.2) is 22.9 Å². The summed E-state index contributed by atoms with van der Waals surface area (Å²) in [5.41, 5.74) is 1.70. The van der Waals surface area contributed by atoms with Gasteiger partial charge in [0, 0.05) is 0 Å². The van der Waals surface area contributed by atoms with E-state index in [2.05, 4.69) is 20.9 Å². The molecule has 2 aromatic carbocycles. The predicted octanol–water partition coefficient (Wildman–Crippen LogP) is 3.43. The SMILES string of the molecule is CCOC(=O)C1=C(C)N=c2s/c(=C/c3ccc(OCC(=O)O)c(Br)c3)c(=O)n2[C@@H]1c1ccc(OC)c(OCC)c1. The van der Waals surface area contributed by atoms with Crippen LogP contribution in [0.5, 0.6) is 17.2 Å². The van der Waals surface area contributed by atoms with Gasteiger partial charge in [-0.3, -0.25) is 9.36 Å². The summed E-state index contributed by atoms with van der Waals surface area (Å²) >= 11 is 4.58. The number of ether oxygens (including phenoxy) is 4. The second-order valence-electron chi connectivity index (χ2n) is 8.52. The van der Waals surface area contributed by atoms with Crippen LogP contribution in [0.2, 0.25) is 0 Å². The molecule has 0 spiro atoms. The summed E-state index contributed by atoms with van der Waals surface area (Å²) in [6.45, 7) is 5.38. The number of esters is 1. The van der Waals surface area contributed by atoms with Crippen molar-refractivity contribution in [3.8, 4) is 17.2 Å². The average molecular weight is 632 g/mol. The lowest BCUT2D eigenvalue weighted by Crippen LogP contribution is -2.40. The van der Waals surface area contributed by atoms with Crippen LogP contribution in [0, 0.1) is 0 Å². The fourth-order valence-corrected chi connectivity index (χ4v) is 5.81. The van der Waals surface area contributed by atoms with Crippen molar-refractivity contribution in [2.75, 3.05) is 26.9 Å². The van der Waals surface area contributed by atoms with Gasteiger partial charge in [0.25, 0.3) is 5.56 Å². The first-order valence-electron chi connectivity index (χ1n) is 12.3. The number of fused-ring (bicyclic) bond motifs is 1. The average Bonchev–Trinajstić information content (AvgIpc) is 3.21. The van der Waals surface area contributed by atoms with Crippen LogP contribution in [0.25, 0.3) is 6.08 Å². The number of carboxylic acid groups (broad SMARTS) is 1. The lowest BCUT2D eigenvalue weighted by molar-refractivity contribution is -0.140. The summed E-state index contributed by atoms with van der Waals surface area (Å²) in [5.74, 6) is -0.275. The molecule has 0 unspecified atom stereocenters. The number of methoxy groups -OCH3 is 1. The number of carboxylic acids is 1. The Morgan fingerprint density at radius 1 is 1.10 bits per heavy atom. The highest BCUT2D eigenvalue weighted by Crippen LogP contribution is 2.36. The molecule has 0 amide bonds. The fourth-order valence-electron chi connectivity index (χ4n) is 4.25. The summed E-state index contributed by atoms with van der Waals surface area (Å²) in [6.07, 6.45) is 1.70. The number of rotatable bonds is 10. The van der Waals surface area contributed by atoms with Crippen molar-refractivity contribution in [1.29, 1.82) is 0 Å². The Hall–Kier alpha value is -3.90. The van der Waals surface area contributed by atoms with Crippen molar-refractivity contribution in [2.45, 2.75) is 26.8 Å². The van der Waals surface area contributed by atoms with Gasteiger partial charge in [-0.15, -0.1) is 0 Å². The summed E-state index contributed by atoms with van der Waals surface area (Å²) in [5, 5.41) is 8.86. The van der Waals surface area contributed by atoms with Crippen molar-refractivity contribution < 1.29 is 33.6 Å². The van der Waals surface area contributed by atoms with E-state index in [0.29, 0.717) is 54.5 Å². The Balaban J connectivity index is 1.87. The van der Waals surface area contributed by atoms with Crippen LogP contribution in [0.3, 0.4) is 0 Å². The van der Waals surface area contributed by atoms with Crippen LogP contribution in [0.4, 0.5) is 0 Å². The minimum absolute atomic E-state index is 0.167. The number of benzene rings is 2. The van der Waals surface area contributed by atoms with Gasteiger partial charge in [-0.05, 0) is 78.2 Å². The summed E-state index contributed by atoms with van der Waals surface area (Å²) < 4.78 is 24.2. The van der Waals surface area contributed by atoms with Crippen molar-refractivity contribution in [3.05, 3.63) is 83.0 Å². The molecule has 0 saturated heterocycles. The monoisotopic (exact) mass is 630 g/mol. The molecule has 10 nitrogen and oxygen atoms in total. The number of aromatic nitrogens is 1. The number of hydrogen-bond acceptors (Lipinski definition) is 9. The quantitative estimate of drug-likeness (QED) is 0.338. The molecule has 40 heavy (non-hydrogen) atoms. The van der Waals surface area contributed by atoms with E-state index in [0.717, 1.165) is 0 Å². The first-order chi connectivity index (χ1) is 19.2. The molecule has 12 heteroatoms. The van der Waals surface area contributed by atoms with Crippen LogP contribution in [-0.2, 0) is 14.3 Å². The molecular weight excluding hydrogens is 604 g/mol. The molecule has 0 radical (unpaired) electrons. The lowest BCUT2D eigenvalue weighted by Gasteiger charge is -2.25. The van der Waals surface area contributed by atoms with E-state index in [-0.39, 0.29) is 17.7 Å². The molecule has 0 aliphatic carbocycles.